The van der Waals surface area contributed by atoms with Crippen LogP contribution in [-0.4, -0.2) is 15.9 Å². The SMILES string of the molecule is Cn1cc(COC(=O)Nc2ccc(Cl)cc2)c(C(F)(F)F)n1. The van der Waals surface area contributed by atoms with Crippen LogP contribution in [0.3, 0.4) is 0 Å². The summed E-state index contributed by atoms with van der Waals surface area (Å²) in [6, 6.07) is 6.18. The summed E-state index contributed by atoms with van der Waals surface area (Å²) in [7, 11) is 1.35. The number of nitrogens with zero attached hydrogens (tertiary/aromatic N) is 2. The van der Waals surface area contributed by atoms with Gasteiger partial charge in [-0.25, -0.2) is 4.79 Å². The Hall–Kier alpha value is -2.22. The highest BCUT2D eigenvalue weighted by molar-refractivity contribution is 6.30. The van der Waals surface area contributed by atoms with Crippen LogP contribution in [-0.2, 0) is 24.6 Å². The van der Waals surface area contributed by atoms with E-state index in [2.05, 4.69) is 10.4 Å². The van der Waals surface area contributed by atoms with E-state index in [1.165, 1.54) is 19.2 Å². The summed E-state index contributed by atoms with van der Waals surface area (Å²) in [4.78, 5) is 11.6. The molecule has 0 spiro atoms. The molecule has 0 aliphatic carbocycles. The highest BCUT2D eigenvalue weighted by Crippen LogP contribution is 2.30. The summed E-state index contributed by atoms with van der Waals surface area (Å²) < 4.78 is 44.0. The van der Waals surface area contributed by atoms with Crippen molar-refractivity contribution >= 4 is 23.4 Å². The minimum Gasteiger partial charge on any atom is -0.444 e. The molecule has 0 atom stereocenters. The van der Waals surface area contributed by atoms with Crippen molar-refractivity contribution in [3.8, 4) is 0 Å². The van der Waals surface area contributed by atoms with Crippen LogP contribution in [0.2, 0.25) is 5.02 Å². The zero-order chi connectivity index (χ0) is 16.3. The fraction of sp³-hybridized carbons (Fsp3) is 0.231. The monoisotopic (exact) mass is 333 g/mol. The quantitative estimate of drug-likeness (QED) is 0.928. The van der Waals surface area contributed by atoms with Gasteiger partial charge in [0.05, 0.1) is 0 Å². The molecule has 0 aliphatic rings. The summed E-state index contributed by atoms with van der Waals surface area (Å²) in [5.41, 5.74) is -0.882. The summed E-state index contributed by atoms with van der Waals surface area (Å²) in [5, 5.41) is 6.18. The number of carbonyl (C=O) groups is 1. The van der Waals surface area contributed by atoms with Crippen LogP contribution in [0.1, 0.15) is 11.3 Å². The topological polar surface area (TPSA) is 56.1 Å². The molecule has 5 nitrogen and oxygen atoms in total. The number of halogens is 4. The molecule has 1 aromatic carbocycles. The van der Waals surface area contributed by atoms with Gasteiger partial charge in [-0.3, -0.25) is 10.00 Å². The zero-order valence-corrected chi connectivity index (χ0v) is 12.1. The Morgan fingerprint density at radius 3 is 2.59 bits per heavy atom. The lowest BCUT2D eigenvalue weighted by molar-refractivity contribution is -0.142. The highest BCUT2D eigenvalue weighted by Gasteiger charge is 2.37. The van der Waals surface area contributed by atoms with Crippen molar-refractivity contribution in [3.63, 3.8) is 0 Å². The Bertz CT molecular complexity index is 668. The molecular formula is C13H11ClF3N3O2. The Balaban J connectivity index is 1.98. The number of aryl methyl sites for hydroxylation is 1. The molecule has 2 aromatic rings. The van der Waals surface area contributed by atoms with Gasteiger partial charge in [0.25, 0.3) is 0 Å². The number of ether oxygens (including phenoxy) is 1. The lowest BCUT2D eigenvalue weighted by Crippen LogP contribution is -2.15. The van der Waals surface area contributed by atoms with Gasteiger partial charge in [0.2, 0.25) is 0 Å². The van der Waals surface area contributed by atoms with E-state index >= 15 is 0 Å². The third kappa shape index (κ3) is 4.14. The second-order valence-corrected chi connectivity index (χ2v) is 4.82. The average molecular weight is 334 g/mol. The third-order valence-corrected chi connectivity index (χ3v) is 2.87. The van der Waals surface area contributed by atoms with Crippen LogP contribution in [0, 0.1) is 0 Å². The van der Waals surface area contributed by atoms with Crippen molar-refractivity contribution in [1.82, 2.24) is 9.78 Å². The predicted molar refractivity (Wildman–Crippen MR) is 73.5 cm³/mol. The zero-order valence-electron chi connectivity index (χ0n) is 11.3. The first kappa shape index (κ1) is 16.2. The van der Waals surface area contributed by atoms with E-state index in [-0.39, 0.29) is 5.56 Å². The predicted octanol–water partition coefficient (Wildman–Crippen LogP) is 3.84. The Morgan fingerprint density at radius 1 is 1.36 bits per heavy atom. The number of alkyl halides is 3. The third-order valence-electron chi connectivity index (χ3n) is 2.62. The summed E-state index contributed by atoms with van der Waals surface area (Å²) >= 11 is 5.69. The van der Waals surface area contributed by atoms with Crippen molar-refractivity contribution in [3.05, 3.63) is 46.7 Å². The van der Waals surface area contributed by atoms with Crippen LogP contribution >= 0.6 is 11.6 Å². The number of nitrogens with one attached hydrogen (secondary N) is 1. The molecule has 1 N–H and O–H groups in total. The van der Waals surface area contributed by atoms with E-state index in [0.717, 1.165) is 10.9 Å². The van der Waals surface area contributed by atoms with Gasteiger partial charge in [0.15, 0.2) is 5.69 Å². The van der Waals surface area contributed by atoms with Crippen LogP contribution in [0.5, 0.6) is 0 Å². The molecule has 0 saturated heterocycles. The lowest BCUT2D eigenvalue weighted by Gasteiger charge is -2.08. The molecule has 0 unspecified atom stereocenters. The van der Waals surface area contributed by atoms with Crippen LogP contribution in [0.15, 0.2) is 30.5 Å². The van der Waals surface area contributed by atoms with Gasteiger partial charge in [-0.15, -0.1) is 0 Å². The largest absolute Gasteiger partial charge is 0.444 e. The van der Waals surface area contributed by atoms with Crippen molar-refractivity contribution in [1.29, 1.82) is 0 Å². The van der Waals surface area contributed by atoms with Crippen LogP contribution in [0.25, 0.3) is 0 Å². The van der Waals surface area contributed by atoms with Crippen molar-refractivity contribution < 1.29 is 22.7 Å². The standard InChI is InChI=1S/C13H11ClF3N3O2/c1-20-6-8(11(19-20)13(15,16)17)7-22-12(21)18-10-4-2-9(14)3-5-10/h2-6H,7H2,1H3,(H,18,21). The summed E-state index contributed by atoms with van der Waals surface area (Å²) in [6.07, 6.45) is -4.33. The Morgan fingerprint density at radius 2 is 2.00 bits per heavy atom. The van der Waals surface area contributed by atoms with E-state index in [0.29, 0.717) is 10.7 Å². The first-order chi connectivity index (χ1) is 10.3. The van der Waals surface area contributed by atoms with E-state index in [1.54, 1.807) is 12.1 Å². The van der Waals surface area contributed by atoms with Crippen molar-refractivity contribution in [2.24, 2.45) is 7.05 Å². The van der Waals surface area contributed by atoms with Gasteiger partial charge in [-0.2, -0.15) is 18.3 Å². The van der Waals surface area contributed by atoms with E-state index in [9.17, 15) is 18.0 Å². The van der Waals surface area contributed by atoms with Crippen LogP contribution < -0.4 is 5.32 Å². The number of benzene rings is 1. The molecule has 1 amide bonds. The highest BCUT2D eigenvalue weighted by atomic mass is 35.5. The number of rotatable bonds is 3. The maximum Gasteiger partial charge on any atom is 0.435 e. The number of carbonyl (C=O) groups excluding carboxylic acids is 1. The number of amides is 1. The van der Waals surface area contributed by atoms with E-state index < -0.39 is 24.6 Å². The first-order valence-corrected chi connectivity index (χ1v) is 6.42. The molecule has 2 rings (SSSR count). The number of hydrogen-bond acceptors (Lipinski definition) is 3. The smallest absolute Gasteiger partial charge is 0.435 e. The second-order valence-electron chi connectivity index (χ2n) is 4.38. The Kier molecular flexibility index (Phi) is 4.60. The first-order valence-electron chi connectivity index (χ1n) is 6.05. The summed E-state index contributed by atoms with van der Waals surface area (Å²) in [5.74, 6) is 0. The van der Waals surface area contributed by atoms with Gasteiger partial charge in [0, 0.05) is 29.5 Å². The number of hydrogen-bond donors (Lipinski definition) is 1. The molecule has 0 radical (unpaired) electrons. The molecule has 9 heteroatoms. The maximum absolute atomic E-state index is 12.7. The van der Waals surface area contributed by atoms with E-state index in [1.807, 2.05) is 0 Å². The molecule has 22 heavy (non-hydrogen) atoms. The van der Waals surface area contributed by atoms with Crippen molar-refractivity contribution in [2.75, 3.05) is 5.32 Å². The Labute approximate surface area is 128 Å². The van der Waals surface area contributed by atoms with Gasteiger partial charge in [-0.1, -0.05) is 11.6 Å². The molecule has 1 aromatic heterocycles. The fourth-order valence-electron chi connectivity index (χ4n) is 1.71. The number of aromatic nitrogens is 2. The lowest BCUT2D eigenvalue weighted by atomic mass is 10.2. The summed E-state index contributed by atoms with van der Waals surface area (Å²) in [6.45, 7) is -0.540. The van der Waals surface area contributed by atoms with Gasteiger partial charge < -0.3 is 4.74 Å². The molecule has 0 saturated carbocycles. The average Bonchev–Trinajstić information content (AvgIpc) is 2.80. The fourth-order valence-corrected chi connectivity index (χ4v) is 1.84. The molecule has 0 fully saturated rings. The molecule has 118 valence electrons. The van der Waals surface area contributed by atoms with Gasteiger partial charge in [-0.05, 0) is 24.3 Å². The molecule has 0 aliphatic heterocycles. The minimum atomic E-state index is -4.60. The second kappa shape index (κ2) is 6.27. The maximum atomic E-state index is 12.7. The molecular weight excluding hydrogens is 323 g/mol. The van der Waals surface area contributed by atoms with Gasteiger partial charge in [0.1, 0.15) is 6.61 Å². The number of anilines is 1. The molecule has 0 bridgehead atoms. The molecule has 1 heterocycles. The van der Waals surface area contributed by atoms with Crippen LogP contribution in [0.4, 0.5) is 23.7 Å². The normalized spacial score (nSPS) is 11.3. The van der Waals surface area contributed by atoms with Gasteiger partial charge >= 0.3 is 12.3 Å². The van der Waals surface area contributed by atoms with E-state index in [4.69, 9.17) is 16.3 Å². The minimum absolute atomic E-state index is 0.221. The van der Waals surface area contributed by atoms with Crippen molar-refractivity contribution in [2.45, 2.75) is 12.8 Å².